The predicted molar refractivity (Wildman–Crippen MR) is 112 cm³/mol. The molecular formula is C21H20N2O5S. The summed E-state index contributed by atoms with van der Waals surface area (Å²) in [6, 6.07) is 13.2. The van der Waals surface area contributed by atoms with E-state index in [4.69, 9.17) is 4.74 Å². The van der Waals surface area contributed by atoms with E-state index in [0.29, 0.717) is 12.3 Å². The maximum absolute atomic E-state index is 11.9. The van der Waals surface area contributed by atoms with Crippen molar-refractivity contribution in [1.82, 2.24) is 4.98 Å². The second-order valence-electron chi connectivity index (χ2n) is 5.86. The largest absolute Gasteiger partial charge is 0.494 e. The van der Waals surface area contributed by atoms with Crippen molar-refractivity contribution in [1.29, 1.82) is 0 Å². The summed E-state index contributed by atoms with van der Waals surface area (Å²) in [5.41, 5.74) is 2.44. The minimum Gasteiger partial charge on any atom is -0.494 e. The number of benzene rings is 2. The summed E-state index contributed by atoms with van der Waals surface area (Å²) in [6.45, 7) is 2.56. The zero-order valence-corrected chi connectivity index (χ0v) is 17.0. The molecule has 0 aliphatic rings. The highest BCUT2D eigenvalue weighted by Crippen LogP contribution is 2.33. The predicted octanol–water partition coefficient (Wildman–Crippen LogP) is 4.00. The van der Waals surface area contributed by atoms with Crippen molar-refractivity contribution in [2.45, 2.75) is 6.92 Å². The number of nitrogens with zero attached hydrogens (tertiary/aromatic N) is 1. The third-order valence-electron chi connectivity index (χ3n) is 3.95. The molecule has 29 heavy (non-hydrogen) atoms. The summed E-state index contributed by atoms with van der Waals surface area (Å²) in [5.74, 6) is -0.506. The fraction of sp³-hybridized carbons (Fsp3) is 0.190. The van der Waals surface area contributed by atoms with Crippen LogP contribution < -0.4 is 10.1 Å². The van der Waals surface area contributed by atoms with Gasteiger partial charge in [0.15, 0.2) is 0 Å². The lowest BCUT2D eigenvalue weighted by Gasteiger charge is -2.09. The molecule has 0 bridgehead atoms. The number of esters is 2. The van der Waals surface area contributed by atoms with Gasteiger partial charge in [-0.2, -0.15) is 0 Å². The summed E-state index contributed by atoms with van der Waals surface area (Å²) in [4.78, 5) is 28.0. The summed E-state index contributed by atoms with van der Waals surface area (Å²) < 4.78 is 15.8. The van der Waals surface area contributed by atoms with Gasteiger partial charge in [-0.05, 0) is 49.4 Å². The summed E-state index contributed by atoms with van der Waals surface area (Å²) in [7, 11) is 2.47. The van der Waals surface area contributed by atoms with E-state index in [1.807, 2.05) is 37.3 Å². The van der Waals surface area contributed by atoms with Crippen molar-refractivity contribution < 1.29 is 23.8 Å². The molecule has 150 valence electrons. The molecular weight excluding hydrogens is 392 g/mol. The lowest BCUT2D eigenvalue weighted by atomic mass is 10.2. The Morgan fingerprint density at radius 1 is 1.10 bits per heavy atom. The third kappa shape index (κ3) is 4.91. The zero-order valence-electron chi connectivity index (χ0n) is 16.2. The van der Waals surface area contributed by atoms with Gasteiger partial charge in [-0.1, -0.05) is 0 Å². The number of thiazole rings is 1. The van der Waals surface area contributed by atoms with Gasteiger partial charge in [0.2, 0.25) is 0 Å². The summed E-state index contributed by atoms with van der Waals surface area (Å²) in [5, 5.41) is 3.75. The van der Waals surface area contributed by atoms with Crippen LogP contribution in [0.25, 0.3) is 20.8 Å². The number of methoxy groups -OCH3 is 2. The van der Waals surface area contributed by atoms with Crippen LogP contribution in [0.1, 0.15) is 6.92 Å². The monoisotopic (exact) mass is 412 g/mol. The highest BCUT2D eigenvalue weighted by Gasteiger charge is 2.13. The maximum atomic E-state index is 11.9. The Morgan fingerprint density at radius 3 is 2.52 bits per heavy atom. The van der Waals surface area contributed by atoms with Crippen LogP contribution in [-0.4, -0.2) is 37.7 Å². The van der Waals surface area contributed by atoms with Crippen LogP contribution in [0.5, 0.6) is 5.75 Å². The van der Waals surface area contributed by atoms with Crippen LogP contribution in [0.15, 0.2) is 54.2 Å². The number of nitrogens with one attached hydrogen (secondary N) is 1. The standard InChI is InChI=1S/C21H20N2O5S/c1-4-28-15-9-10-16-18(11-15)29-20(23-16)13-5-7-14(8-6-13)22-17(21(25)27-3)12-19(24)26-2/h5-12,22H,4H2,1-3H3/b17-12+. The minimum atomic E-state index is -0.671. The number of rotatable bonds is 7. The Morgan fingerprint density at radius 2 is 1.86 bits per heavy atom. The fourth-order valence-corrected chi connectivity index (χ4v) is 3.57. The molecule has 0 amide bonds. The molecule has 0 unspecified atom stereocenters. The van der Waals surface area contributed by atoms with Gasteiger partial charge in [-0.3, -0.25) is 0 Å². The van der Waals surface area contributed by atoms with Gasteiger partial charge in [0.1, 0.15) is 16.5 Å². The molecule has 1 aromatic heterocycles. The Kier molecular flexibility index (Phi) is 6.46. The van der Waals surface area contributed by atoms with E-state index in [2.05, 4.69) is 19.8 Å². The lowest BCUT2D eigenvalue weighted by Crippen LogP contribution is -2.15. The van der Waals surface area contributed by atoms with Gasteiger partial charge in [0.05, 0.1) is 37.1 Å². The first-order chi connectivity index (χ1) is 14.0. The smallest absolute Gasteiger partial charge is 0.354 e. The van der Waals surface area contributed by atoms with E-state index >= 15 is 0 Å². The van der Waals surface area contributed by atoms with E-state index in [1.54, 1.807) is 23.5 Å². The van der Waals surface area contributed by atoms with Crippen LogP contribution in [-0.2, 0) is 19.1 Å². The molecule has 0 aliphatic carbocycles. The zero-order chi connectivity index (χ0) is 20.8. The van der Waals surface area contributed by atoms with E-state index in [-0.39, 0.29) is 5.70 Å². The van der Waals surface area contributed by atoms with Gasteiger partial charge in [0, 0.05) is 11.3 Å². The van der Waals surface area contributed by atoms with E-state index in [1.165, 1.54) is 14.2 Å². The molecule has 0 saturated carbocycles. The number of anilines is 1. The van der Waals surface area contributed by atoms with Gasteiger partial charge < -0.3 is 19.5 Å². The number of carbonyl (C=O) groups excluding carboxylic acids is 2. The number of ether oxygens (including phenoxy) is 3. The molecule has 3 aromatic rings. The number of fused-ring (bicyclic) bond motifs is 1. The molecule has 1 heterocycles. The quantitative estimate of drug-likeness (QED) is 0.463. The van der Waals surface area contributed by atoms with Crippen LogP contribution in [0.4, 0.5) is 5.69 Å². The highest BCUT2D eigenvalue weighted by atomic mass is 32.1. The van der Waals surface area contributed by atoms with Crippen molar-refractivity contribution in [3.63, 3.8) is 0 Å². The molecule has 0 fully saturated rings. The second kappa shape index (κ2) is 9.20. The van der Waals surface area contributed by atoms with Gasteiger partial charge in [-0.15, -0.1) is 11.3 Å². The lowest BCUT2D eigenvalue weighted by molar-refractivity contribution is -0.138. The Hall–Kier alpha value is -3.39. The first kappa shape index (κ1) is 20.3. The van der Waals surface area contributed by atoms with Crippen molar-refractivity contribution >= 4 is 39.2 Å². The van der Waals surface area contributed by atoms with Crippen molar-refractivity contribution in [2.24, 2.45) is 0 Å². The van der Waals surface area contributed by atoms with Crippen LogP contribution in [0.3, 0.4) is 0 Å². The molecule has 8 heteroatoms. The second-order valence-corrected chi connectivity index (χ2v) is 6.89. The van der Waals surface area contributed by atoms with Crippen molar-refractivity contribution in [3.8, 4) is 16.3 Å². The molecule has 0 spiro atoms. The topological polar surface area (TPSA) is 86.8 Å². The number of carbonyl (C=O) groups is 2. The van der Waals surface area contributed by atoms with Gasteiger partial charge in [-0.25, -0.2) is 14.6 Å². The molecule has 3 rings (SSSR count). The van der Waals surface area contributed by atoms with Crippen LogP contribution >= 0.6 is 11.3 Å². The minimum absolute atomic E-state index is 0.0180. The molecule has 2 aromatic carbocycles. The van der Waals surface area contributed by atoms with Crippen LogP contribution in [0.2, 0.25) is 0 Å². The Balaban J connectivity index is 1.82. The first-order valence-corrected chi connectivity index (χ1v) is 9.64. The molecule has 0 saturated heterocycles. The normalized spacial score (nSPS) is 11.2. The van der Waals surface area contributed by atoms with E-state index in [0.717, 1.165) is 32.6 Å². The summed E-state index contributed by atoms with van der Waals surface area (Å²) in [6.07, 6.45) is 1.04. The average molecular weight is 412 g/mol. The Bertz CT molecular complexity index is 1060. The van der Waals surface area contributed by atoms with E-state index in [9.17, 15) is 9.59 Å². The SMILES string of the molecule is CCOc1ccc2nc(-c3ccc(N/C(=C/C(=O)OC)C(=O)OC)cc3)sc2c1. The fourth-order valence-electron chi connectivity index (χ4n) is 2.57. The van der Waals surface area contributed by atoms with Gasteiger partial charge in [0.25, 0.3) is 0 Å². The number of hydrogen-bond acceptors (Lipinski definition) is 8. The van der Waals surface area contributed by atoms with Crippen molar-refractivity contribution in [2.75, 3.05) is 26.1 Å². The molecule has 0 aliphatic heterocycles. The average Bonchev–Trinajstić information content (AvgIpc) is 3.16. The molecule has 0 atom stereocenters. The number of hydrogen-bond donors (Lipinski definition) is 1. The summed E-state index contributed by atoms with van der Waals surface area (Å²) >= 11 is 1.57. The third-order valence-corrected chi connectivity index (χ3v) is 5.02. The first-order valence-electron chi connectivity index (χ1n) is 8.83. The van der Waals surface area contributed by atoms with Gasteiger partial charge >= 0.3 is 11.9 Å². The molecule has 1 N–H and O–H groups in total. The van der Waals surface area contributed by atoms with Crippen LogP contribution in [0, 0.1) is 0 Å². The van der Waals surface area contributed by atoms with Crippen molar-refractivity contribution in [3.05, 3.63) is 54.2 Å². The Labute approximate surface area is 171 Å². The maximum Gasteiger partial charge on any atom is 0.354 e. The highest BCUT2D eigenvalue weighted by molar-refractivity contribution is 7.21. The molecule has 7 nitrogen and oxygen atoms in total. The molecule has 0 radical (unpaired) electrons. The number of aromatic nitrogens is 1. The van der Waals surface area contributed by atoms with E-state index < -0.39 is 11.9 Å².